The topological polar surface area (TPSA) is 64.1 Å². The van der Waals surface area contributed by atoms with E-state index >= 15 is 0 Å². The highest BCUT2D eigenvalue weighted by Gasteiger charge is 2.17. The molecular formula is C20H21N3O2. The summed E-state index contributed by atoms with van der Waals surface area (Å²) in [4.78, 5) is 21.0. The molecule has 1 heterocycles. The molecule has 0 saturated carbocycles. The number of nitrogens with one attached hydrogen (secondary N) is 1. The van der Waals surface area contributed by atoms with Gasteiger partial charge in [0, 0.05) is 12.1 Å². The molecular weight excluding hydrogens is 314 g/mol. The highest BCUT2D eigenvalue weighted by atomic mass is 16.5. The lowest BCUT2D eigenvalue weighted by molar-refractivity contribution is -0.128. The quantitative estimate of drug-likeness (QED) is 0.748. The Bertz CT molecular complexity index is 862. The van der Waals surface area contributed by atoms with Crippen LogP contribution in [0.5, 0.6) is 5.75 Å². The van der Waals surface area contributed by atoms with Crippen molar-refractivity contribution < 1.29 is 9.53 Å². The van der Waals surface area contributed by atoms with Crippen LogP contribution in [0.15, 0.2) is 54.7 Å². The average Bonchev–Trinajstić information content (AvgIpc) is 2.66. The summed E-state index contributed by atoms with van der Waals surface area (Å²) >= 11 is 0. The maximum atomic E-state index is 11.9. The largest absolute Gasteiger partial charge is 0.481 e. The fraction of sp³-hybridized carbons (Fsp3) is 0.250. The number of fused-ring (bicyclic) bond motifs is 1. The Hall–Kier alpha value is -2.95. The zero-order valence-electron chi connectivity index (χ0n) is 14.4. The van der Waals surface area contributed by atoms with Gasteiger partial charge < -0.3 is 10.1 Å². The van der Waals surface area contributed by atoms with E-state index in [9.17, 15) is 4.79 Å². The molecule has 0 fully saturated rings. The number of likely N-dealkylation sites (N-methyl/N-ethyl adjacent to an activating group) is 1. The molecule has 0 aliphatic heterocycles. The number of nitrogens with zero attached hydrogens (tertiary/aromatic N) is 2. The number of carbonyl (C=O) groups excluding carboxylic acids is 1. The number of hydrogen-bond acceptors (Lipinski definition) is 4. The fourth-order valence-corrected chi connectivity index (χ4v) is 2.58. The summed E-state index contributed by atoms with van der Waals surface area (Å²) in [7, 11) is 0. The van der Waals surface area contributed by atoms with E-state index in [1.54, 1.807) is 6.20 Å². The molecule has 0 aliphatic carbocycles. The highest BCUT2D eigenvalue weighted by Crippen LogP contribution is 2.23. The summed E-state index contributed by atoms with van der Waals surface area (Å²) in [6.07, 6.45) is 1.90. The first kappa shape index (κ1) is 16.9. The van der Waals surface area contributed by atoms with Gasteiger partial charge in [0.15, 0.2) is 6.10 Å². The number of para-hydroxylation sites is 2. The Morgan fingerprint density at radius 1 is 1.08 bits per heavy atom. The molecule has 0 unspecified atom stereocenters. The van der Waals surface area contributed by atoms with E-state index in [2.05, 4.69) is 15.3 Å². The van der Waals surface area contributed by atoms with Gasteiger partial charge in [0.05, 0.1) is 22.9 Å². The van der Waals surface area contributed by atoms with Crippen LogP contribution in [-0.2, 0) is 4.79 Å². The number of amides is 1. The second-order valence-electron chi connectivity index (χ2n) is 5.68. The van der Waals surface area contributed by atoms with E-state index < -0.39 is 6.10 Å². The van der Waals surface area contributed by atoms with Crippen LogP contribution in [0, 0.1) is 0 Å². The Labute approximate surface area is 147 Å². The monoisotopic (exact) mass is 335 g/mol. The standard InChI is InChI=1S/C20H21N3O2/c1-3-19(20(24)21-4-2)25-15-11-9-14(10-12-15)18-13-22-16-7-5-6-8-17(16)23-18/h5-13,19H,3-4H2,1-2H3,(H,21,24)/t19-/m0/s1. The maximum absolute atomic E-state index is 11.9. The van der Waals surface area contributed by atoms with E-state index in [1.165, 1.54) is 0 Å². The predicted octanol–water partition coefficient (Wildman–Crippen LogP) is 3.59. The minimum Gasteiger partial charge on any atom is -0.481 e. The minimum absolute atomic E-state index is 0.0885. The van der Waals surface area contributed by atoms with Crippen LogP contribution in [0.25, 0.3) is 22.3 Å². The van der Waals surface area contributed by atoms with Gasteiger partial charge in [0.25, 0.3) is 5.91 Å². The summed E-state index contributed by atoms with van der Waals surface area (Å²) in [5.74, 6) is 0.574. The summed E-state index contributed by atoms with van der Waals surface area (Å²) in [6, 6.07) is 15.3. The lowest BCUT2D eigenvalue weighted by Crippen LogP contribution is -2.37. The molecule has 25 heavy (non-hydrogen) atoms. The smallest absolute Gasteiger partial charge is 0.261 e. The molecule has 3 rings (SSSR count). The van der Waals surface area contributed by atoms with Gasteiger partial charge in [0.2, 0.25) is 0 Å². The molecule has 0 bridgehead atoms. The zero-order chi connectivity index (χ0) is 17.6. The van der Waals surface area contributed by atoms with Gasteiger partial charge in [-0.3, -0.25) is 9.78 Å². The van der Waals surface area contributed by atoms with Crippen LogP contribution in [-0.4, -0.2) is 28.5 Å². The molecule has 1 aromatic heterocycles. The molecule has 0 spiro atoms. The predicted molar refractivity (Wildman–Crippen MR) is 98.4 cm³/mol. The van der Waals surface area contributed by atoms with E-state index in [1.807, 2.05) is 62.4 Å². The van der Waals surface area contributed by atoms with Crippen molar-refractivity contribution in [2.45, 2.75) is 26.4 Å². The Kier molecular flexibility index (Phi) is 5.23. The zero-order valence-corrected chi connectivity index (χ0v) is 14.4. The van der Waals surface area contributed by atoms with Crippen molar-refractivity contribution in [3.63, 3.8) is 0 Å². The molecule has 1 N–H and O–H groups in total. The van der Waals surface area contributed by atoms with E-state index in [0.29, 0.717) is 18.7 Å². The third-order valence-electron chi connectivity index (χ3n) is 3.89. The third kappa shape index (κ3) is 3.94. The summed E-state index contributed by atoms with van der Waals surface area (Å²) in [5.41, 5.74) is 3.50. The molecule has 0 saturated heterocycles. The maximum Gasteiger partial charge on any atom is 0.261 e. The normalized spacial score (nSPS) is 11.9. The Balaban J connectivity index is 1.77. The second-order valence-corrected chi connectivity index (χ2v) is 5.68. The SMILES string of the molecule is CCNC(=O)[C@H](CC)Oc1ccc(-c2cnc3ccccc3n2)cc1. The van der Waals surface area contributed by atoms with Crippen LogP contribution in [0.4, 0.5) is 0 Å². The van der Waals surface area contributed by atoms with Crippen molar-refractivity contribution in [3.8, 4) is 17.0 Å². The van der Waals surface area contributed by atoms with Crippen LogP contribution in [0.1, 0.15) is 20.3 Å². The van der Waals surface area contributed by atoms with Gasteiger partial charge >= 0.3 is 0 Å². The van der Waals surface area contributed by atoms with Crippen molar-refractivity contribution in [1.29, 1.82) is 0 Å². The van der Waals surface area contributed by atoms with Crippen molar-refractivity contribution in [1.82, 2.24) is 15.3 Å². The van der Waals surface area contributed by atoms with Crippen LogP contribution in [0.3, 0.4) is 0 Å². The van der Waals surface area contributed by atoms with Gasteiger partial charge in [-0.15, -0.1) is 0 Å². The summed E-state index contributed by atoms with van der Waals surface area (Å²) < 4.78 is 5.79. The molecule has 1 atom stereocenters. The molecule has 3 aromatic rings. The number of aromatic nitrogens is 2. The van der Waals surface area contributed by atoms with Crippen LogP contribution < -0.4 is 10.1 Å². The molecule has 128 valence electrons. The van der Waals surface area contributed by atoms with Gasteiger partial charge in [-0.2, -0.15) is 0 Å². The highest BCUT2D eigenvalue weighted by molar-refractivity contribution is 5.81. The molecule has 5 nitrogen and oxygen atoms in total. The van der Waals surface area contributed by atoms with Gasteiger partial charge in [-0.25, -0.2) is 4.98 Å². The Morgan fingerprint density at radius 2 is 1.80 bits per heavy atom. The minimum atomic E-state index is -0.480. The number of carbonyl (C=O) groups is 1. The molecule has 0 aliphatic rings. The molecule has 0 radical (unpaired) electrons. The van der Waals surface area contributed by atoms with Crippen molar-refractivity contribution in [2.75, 3.05) is 6.54 Å². The lowest BCUT2D eigenvalue weighted by atomic mass is 10.1. The Morgan fingerprint density at radius 3 is 2.48 bits per heavy atom. The number of rotatable bonds is 6. The van der Waals surface area contributed by atoms with E-state index in [0.717, 1.165) is 22.3 Å². The molecule has 2 aromatic carbocycles. The first-order valence-corrected chi connectivity index (χ1v) is 8.48. The van der Waals surface area contributed by atoms with Crippen LogP contribution in [0.2, 0.25) is 0 Å². The lowest BCUT2D eigenvalue weighted by Gasteiger charge is -2.17. The van der Waals surface area contributed by atoms with Crippen molar-refractivity contribution in [2.24, 2.45) is 0 Å². The third-order valence-corrected chi connectivity index (χ3v) is 3.89. The second kappa shape index (κ2) is 7.75. The van der Waals surface area contributed by atoms with Gasteiger partial charge in [-0.05, 0) is 49.7 Å². The fourth-order valence-electron chi connectivity index (χ4n) is 2.58. The average molecular weight is 335 g/mol. The number of benzene rings is 2. The molecule has 5 heteroatoms. The molecule has 1 amide bonds. The summed E-state index contributed by atoms with van der Waals surface area (Å²) in [6.45, 7) is 4.42. The number of hydrogen-bond donors (Lipinski definition) is 1. The van der Waals surface area contributed by atoms with Gasteiger partial charge in [-0.1, -0.05) is 19.1 Å². The van der Waals surface area contributed by atoms with E-state index in [-0.39, 0.29) is 5.91 Å². The number of ether oxygens (including phenoxy) is 1. The summed E-state index contributed by atoms with van der Waals surface area (Å²) in [5, 5.41) is 2.79. The first-order chi connectivity index (χ1) is 12.2. The van der Waals surface area contributed by atoms with Crippen molar-refractivity contribution >= 4 is 16.9 Å². The van der Waals surface area contributed by atoms with Crippen molar-refractivity contribution in [3.05, 3.63) is 54.7 Å². The van der Waals surface area contributed by atoms with Gasteiger partial charge in [0.1, 0.15) is 5.75 Å². The van der Waals surface area contributed by atoms with Crippen LogP contribution >= 0.6 is 0 Å². The van der Waals surface area contributed by atoms with E-state index in [4.69, 9.17) is 4.74 Å². The first-order valence-electron chi connectivity index (χ1n) is 8.48.